The fourth-order valence-electron chi connectivity index (χ4n) is 2.21. The fourth-order valence-corrected chi connectivity index (χ4v) is 2.60. The van der Waals surface area contributed by atoms with E-state index in [9.17, 15) is 14.4 Å². The maximum atomic E-state index is 12.6. The molecular weight excluding hydrogens is 396 g/mol. The van der Waals surface area contributed by atoms with Crippen molar-refractivity contribution in [2.24, 2.45) is 0 Å². The summed E-state index contributed by atoms with van der Waals surface area (Å²) in [5, 5.41) is 2.65. The van der Waals surface area contributed by atoms with Gasteiger partial charge in [0.2, 0.25) is 0 Å². The van der Waals surface area contributed by atoms with Crippen LogP contribution < -0.4 is 10.2 Å². The van der Waals surface area contributed by atoms with E-state index in [0.29, 0.717) is 16.3 Å². The van der Waals surface area contributed by atoms with Crippen LogP contribution >= 0.6 is 27.5 Å². The molecule has 0 unspecified atom stereocenters. The van der Waals surface area contributed by atoms with Crippen LogP contribution in [0.25, 0.3) is 6.08 Å². The van der Waals surface area contributed by atoms with Gasteiger partial charge in [0.05, 0.1) is 5.69 Å². The Morgan fingerprint density at radius 2 is 1.58 bits per heavy atom. The van der Waals surface area contributed by atoms with Gasteiger partial charge in [-0.3, -0.25) is 14.9 Å². The number of barbiturate groups is 1. The van der Waals surface area contributed by atoms with E-state index in [2.05, 4.69) is 21.2 Å². The Hall–Kier alpha value is -2.44. The zero-order valence-corrected chi connectivity index (χ0v) is 14.5. The lowest BCUT2D eigenvalue weighted by Gasteiger charge is -2.26. The van der Waals surface area contributed by atoms with Crippen LogP contribution in [0.2, 0.25) is 5.02 Å². The van der Waals surface area contributed by atoms with E-state index < -0.39 is 17.8 Å². The predicted molar refractivity (Wildman–Crippen MR) is 94.6 cm³/mol. The van der Waals surface area contributed by atoms with Gasteiger partial charge in [-0.05, 0) is 48.0 Å². The third-order valence-electron chi connectivity index (χ3n) is 3.37. The van der Waals surface area contributed by atoms with Gasteiger partial charge < -0.3 is 0 Å². The summed E-state index contributed by atoms with van der Waals surface area (Å²) in [6, 6.07) is 12.5. The highest BCUT2D eigenvalue weighted by Gasteiger charge is 2.36. The van der Waals surface area contributed by atoms with Crippen molar-refractivity contribution in [3.05, 3.63) is 69.2 Å². The van der Waals surface area contributed by atoms with Crippen LogP contribution in [0.1, 0.15) is 5.56 Å². The summed E-state index contributed by atoms with van der Waals surface area (Å²) in [6.45, 7) is 0. The van der Waals surface area contributed by atoms with Gasteiger partial charge in [0.1, 0.15) is 5.57 Å². The van der Waals surface area contributed by atoms with E-state index in [1.54, 1.807) is 36.4 Å². The number of hydrogen-bond acceptors (Lipinski definition) is 3. The molecule has 3 rings (SSSR count). The molecule has 0 saturated carbocycles. The molecule has 24 heavy (non-hydrogen) atoms. The minimum atomic E-state index is -0.791. The van der Waals surface area contributed by atoms with Crippen molar-refractivity contribution in [2.45, 2.75) is 0 Å². The number of carbonyl (C=O) groups excluding carboxylic acids is 3. The van der Waals surface area contributed by atoms with Crippen LogP contribution in [0, 0.1) is 0 Å². The number of amides is 4. The highest BCUT2D eigenvalue weighted by atomic mass is 79.9. The fraction of sp³-hybridized carbons (Fsp3) is 0. The first-order valence-electron chi connectivity index (χ1n) is 6.88. The van der Waals surface area contributed by atoms with Crippen LogP contribution in [0.4, 0.5) is 10.5 Å². The molecule has 0 atom stereocenters. The smallest absolute Gasteiger partial charge is 0.273 e. The number of rotatable bonds is 2. The SMILES string of the molecule is O=C1NC(=O)N(c2ccc(Cl)cc2)C(=O)C1=Cc1ccc(Br)cc1. The number of nitrogens with zero attached hydrogens (tertiary/aromatic N) is 1. The molecule has 1 fully saturated rings. The summed E-state index contributed by atoms with van der Waals surface area (Å²) in [5.41, 5.74) is 0.880. The normalized spacial score (nSPS) is 16.5. The highest BCUT2D eigenvalue weighted by Crippen LogP contribution is 2.23. The number of nitrogens with one attached hydrogen (secondary N) is 1. The summed E-state index contributed by atoms with van der Waals surface area (Å²) in [7, 11) is 0. The molecule has 0 spiro atoms. The summed E-state index contributed by atoms with van der Waals surface area (Å²) in [5.74, 6) is -1.41. The molecule has 7 heteroatoms. The van der Waals surface area contributed by atoms with Gasteiger partial charge in [-0.1, -0.05) is 39.7 Å². The van der Waals surface area contributed by atoms with Crippen molar-refractivity contribution in [3.8, 4) is 0 Å². The van der Waals surface area contributed by atoms with Crippen LogP contribution in [0.5, 0.6) is 0 Å². The lowest BCUT2D eigenvalue weighted by molar-refractivity contribution is -0.122. The molecule has 1 aliphatic heterocycles. The first kappa shape index (κ1) is 16.4. The number of hydrogen-bond donors (Lipinski definition) is 1. The van der Waals surface area contributed by atoms with Crippen molar-refractivity contribution < 1.29 is 14.4 Å². The van der Waals surface area contributed by atoms with Gasteiger partial charge in [-0.15, -0.1) is 0 Å². The maximum absolute atomic E-state index is 12.6. The minimum absolute atomic E-state index is 0.119. The van der Waals surface area contributed by atoms with Crippen molar-refractivity contribution >= 4 is 57.1 Å². The zero-order valence-electron chi connectivity index (χ0n) is 12.1. The van der Waals surface area contributed by atoms with E-state index in [4.69, 9.17) is 11.6 Å². The first-order valence-corrected chi connectivity index (χ1v) is 8.05. The number of benzene rings is 2. The van der Waals surface area contributed by atoms with Gasteiger partial charge in [-0.25, -0.2) is 9.69 Å². The van der Waals surface area contributed by atoms with Crippen LogP contribution in [-0.2, 0) is 9.59 Å². The average molecular weight is 406 g/mol. The Morgan fingerprint density at radius 3 is 2.21 bits per heavy atom. The summed E-state index contributed by atoms with van der Waals surface area (Å²) < 4.78 is 0.877. The Balaban J connectivity index is 1.99. The predicted octanol–water partition coefficient (Wildman–Crippen LogP) is 3.77. The van der Waals surface area contributed by atoms with Gasteiger partial charge in [0.15, 0.2) is 0 Å². The first-order chi connectivity index (χ1) is 11.5. The van der Waals surface area contributed by atoms with Crippen molar-refractivity contribution in [3.63, 3.8) is 0 Å². The Labute approximate surface area is 151 Å². The van der Waals surface area contributed by atoms with E-state index >= 15 is 0 Å². The van der Waals surface area contributed by atoms with Crippen molar-refractivity contribution in [1.82, 2.24) is 5.32 Å². The highest BCUT2D eigenvalue weighted by molar-refractivity contribution is 9.10. The van der Waals surface area contributed by atoms with E-state index in [0.717, 1.165) is 9.37 Å². The zero-order chi connectivity index (χ0) is 17.3. The van der Waals surface area contributed by atoms with Gasteiger partial charge >= 0.3 is 6.03 Å². The summed E-state index contributed by atoms with van der Waals surface area (Å²) in [4.78, 5) is 37.6. The molecule has 120 valence electrons. The molecular formula is C17H10BrClN2O3. The second kappa shape index (κ2) is 6.59. The summed E-state index contributed by atoms with van der Waals surface area (Å²) in [6.07, 6.45) is 1.44. The molecule has 4 amide bonds. The molecule has 2 aromatic rings. The van der Waals surface area contributed by atoms with Gasteiger partial charge in [0.25, 0.3) is 11.8 Å². The molecule has 0 radical (unpaired) electrons. The molecule has 2 aromatic carbocycles. The van der Waals surface area contributed by atoms with E-state index in [1.807, 2.05) is 0 Å². The second-order valence-corrected chi connectivity index (χ2v) is 6.34. The van der Waals surface area contributed by atoms with Gasteiger partial charge in [-0.2, -0.15) is 0 Å². The third kappa shape index (κ3) is 3.25. The molecule has 0 bridgehead atoms. The Morgan fingerprint density at radius 1 is 0.958 bits per heavy atom. The standard InChI is InChI=1S/C17H10BrClN2O3/c18-11-3-1-10(2-4-11)9-14-15(22)20-17(24)21(16(14)23)13-7-5-12(19)6-8-13/h1-9H,(H,20,22,24). The van der Waals surface area contributed by atoms with Gasteiger partial charge in [0, 0.05) is 9.50 Å². The topological polar surface area (TPSA) is 66.5 Å². The quantitative estimate of drug-likeness (QED) is 0.611. The van der Waals surface area contributed by atoms with Crippen LogP contribution in [-0.4, -0.2) is 17.8 Å². The Kier molecular flexibility index (Phi) is 4.51. The minimum Gasteiger partial charge on any atom is -0.273 e. The van der Waals surface area contributed by atoms with Crippen molar-refractivity contribution in [2.75, 3.05) is 4.90 Å². The maximum Gasteiger partial charge on any atom is 0.335 e. The van der Waals surface area contributed by atoms with Crippen LogP contribution in [0.3, 0.4) is 0 Å². The third-order valence-corrected chi connectivity index (χ3v) is 4.15. The number of carbonyl (C=O) groups is 3. The molecule has 1 aliphatic rings. The molecule has 1 N–H and O–H groups in total. The average Bonchev–Trinajstić information content (AvgIpc) is 2.55. The lowest BCUT2D eigenvalue weighted by atomic mass is 10.1. The van der Waals surface area contributed by atoms with E-state index in [-0.39, 0.29) is 5.57 Å². The summed E-state index contributed by atoms with van der Waals surface area (Å²) >= 11 is 9.14. The number of halogens is 2. The number of urea groups is 1. The van der Waals surface area contributed by atoms with E-state index in [1.165, 1.54) is 18.2 Å². The molecule has 0 aromatic heterocycles. The molecule has 0 aliphatic carbocycles. The second-order valence-electron chi connectivity index (χ2n) is 4.99. The molecule has 1 saturated heterocycles. The van der Waals surface area contributed by atoms with Crippen LogP contribution in [0.15, 0.2) is 58.6 Å². The number of anilines is 1. The Bertz CT molecular complexity index is 860. The number of imide groups is 2. The lowest BCUT2D eigenvalue weighted by Crippen LogP contribution is -2.54. The van der Waals surface area contributed by atoms with Crippen molar-refractivity contribution in [1.29, 1.82) is 0 Å². The molecule has 1 heterocycles. The largest absolute Gasteiger partial charge is 0.335 e. The monoisotopic (exact) mass is 404 g/mol. The molecule has 5 nitrogen and oxygen atoms in total.